The molecule has 1 heterocycles. The van der Waals surface area contributed by atoms with Gasteiger partial charge in [-0.3, -0.25) is 4.79 Å². The van der Waals surface area contributed by atoms with Crippen LogP contribution in [-0.4, -0.2) is 10.9 Å². The first-order valence-electron chi connectivity index (χ1n) is 1.98. The first-order valence-corrected chi connectivity index (χ1v) is 2.93. The lowest BCUT2D eigenvalue weighted by atomic mass is 10.5. The molecule has 0 spiro atoms. The lowest BCUT2D eigenvalue weighted by molar-refractivity contribution is 0.0996. The molecule has 1 amide bonds. The number of nitrogens with two attached hydrogens (primary N) is 1. The van der Waals surface area contributed by atoms with Gasteiger partial charge in [0.2, 0.25) is 0 Å². The minimum atomic E-state index is -0.466. The molecule has 50 valence electrons. The number of amides is 1. The van der Waals surface area contributed by atoms with Crippen LogP contribution in [0.1, 0.15) is 10.5 Å². The molecule has 0 atom stereocenters. The zero-order valence-corrected chi connectivity index (χ0v) is 6.04. The van der Waals surface area contributed by atoms with Crippen LogP contribution in [0.4, 0.5) is 0 Å². The van der Waals surface area contributed by atoms with Crippen molar-refractivity contribution in [1.82, 2.24) is 4.98 Å². The van der Waals surface area contributed by atoms with Crippen molar-refractivity contribution < 1.29 is 4.79 Å². The normalized spacial score (nSPS) is 8.00. The Morgan fingerprint density at radius 2 is 2.44 bits per heavy atom. The second-order valence-electron chi connectivity index (χ2n) is 1.24. The highest BCUT2D eigenvalue weighted by Gasteiger charge is 1.98. The Morgan fingerprint density at radius 3 is 2.67 bits per heavy atom. The molecule has 5 heteroatoms. The molecule has 3 nitrogen and oxygen atoms in total. The maximum atomic E-state index is 10.2. The van der Waals surface area contributed by atoms with Gasteiger partial charge in [0.05, 0.1) is 5.51 Å². The van der Waals surface area contributed by atoms with E-state index in [0.29, 0.717) is 5.69 Å². The molecule has 1 aromatic rings. The molecule has 0 saturated carbocycles. The second-order valence-corrected chi connectivity index (χ2v) is 1.96. The predicted octanol–water partition coefficient (Wildman–Crippen LogP) is 0.664. The molecule has 2 N–H and O–H groups in total. The Balaban J connectivity index is 0.000000640. The van der Waals surface area contributed by atoms with E-state index in [9.17, 15) is 4.79 Å². The van der Waals surface area contributed by atoms with Gasteiger partial charge in [0.25, 0.3) is 5.91 Å². The predicted molar refractivity (Wildman–Crippen MR) is 37.9 cm³/mol. The smallest absolute Gasteiger partial charge is 0.268 e. The summed E-state index contributed by atoms with van der Waals surface area (Å²) in [5.74, 6) is -0.466. The largest absolute Gasteiger partial charge is 0.364 e. The van der Waals surface area contributed by atoms with Crippen molar-refractivity contribution in [2.75, 3.05) is 0 Å². The summed E-state index contributed by atoms with van der Waals surface area (Å²) in [6.45, 7) is 0. The van der Waals surface area contributed by atoms with Gasteiger partial charge in [0.15, 0.2) is 0 Å². The fourth-order valence-electron chi connectivity index (χ4n) is 0.334. The van der Waals surface area contributed by atoms with Crippen LogP contribution in [0.25, 0.3) is 0 Å². The van der Waals surface area contributed by atoms with Crippen molar-refractivity contribution in [2.45, 2.75) is 0 Å². The van der Waals surface area contributed by atoms with E-state index in [1.165, 1.54) is 11.3 Å². The lowest BCUT2D eigenvalue weighted by Crippen LogP contribution is -2.10. The van der Waals surface area contributed by atoms with Crippen molar-refractivity contribution >= 4 is 29.7 Å². The fourth-order valence-corrected chi connectivity index (χ4v) is 0.875. The number of halogens is 1. The van der Waals surface area contributed by atoms with Gasteiger partial charge in [0.1, 0.15) is 5.69 Å². The van der Waals surface area contributed by atoms with Crippen LogP contribution in [0.2, 0.25) is 0 Å². The van der Waals surface area contributed by atoms with Gasteiger partial charge in [-0.05, 0) is 0 Å². The average Bonchev–Trinajstić information content (AvgIpc) is 2.12. The number of hydrogen-bond acceptors (Lipinski definition) is 3. The Kier molecular flexibility index (Phi) is 3.19. The third-order valence-corrected chi connectivity index (χ3v) is 1.27. The summed E-state index contributed by atoms with van der Waals surface area (Å²) in [4.78, 5) is 13.9. The summed E-state index contributed by atoms with van der Waals surface area (Å²) in [6.07, 6.45) is 0. The molecule has 0 unspecified atom stereocenters. The summed E-state index contributed by atoms with van der Waals surface area (Å²) in [5, 5.41) is 1.61. The second kappa shape index (κ2) is 3.42. The van der Waals surface area contributed by atoms with Gasteiger partial charge in [-0.25, -0.2) is 4.98 Å². The van der Waals surface area contributed by atoms with E-state index in [1.807, 2.05) is 0 Å². The number of nitrogens with zero attached hydrogens (tertiary/aromatic N) is 1. The van der Waals surface area contributed by atoms with Crippen LogP contribution in [0.5, 0.6) is 0 Å². The highest BCUT2D eigenvalue weighted by atomic mass is 35.5. The van der Waals surface area contributed by atoms with Crippen molar-refractivity contribution in [3.8, 4) is 0 Å². The quantitative estimate of drug-likeness (QED) is 0.663. The molecule has 0 aromatic carbocycles. The molecule has 0 fully saturated rings. The van der Waals surface area contributed by atoms with Crippen LogP contribution < -0.4 is 5.73 Å². The Morgan fingerprint density at radius 1 is 1.78 bits per heavy atom. The van der Waals surface area contributed by atoms with E-state index in [-0.39, 0.29) is 12.4 Å². The van der Waals surface area contributed by atoms with Gasteiger partial charge in [-0.15, -0.1) is 23.7 Å². The molecule has 0 aliphatic rings. The molecule has 0 aliphatic carbocycles. The van der Waals surface area contributed by atoms with Crippen molar-refractivity contribution in [1.29, 1.82) is 0 Å². The molecular formula is C4H5ClN2OS. The van der Waals surface area contributed by atoms with Crippen molar-refractivity contribution in [3.05, 3.63) is 16.6 Å². The summed E-state index contributed by atoms with van der Waals surface area (Å²) < 4.78 is 0. The van der Waals surface area contributed by atoms with Gasteiger partial charge < -0.3 is 5.73 Å². The summed E-state index contributed by atoms with van der Waals surface area (Å²) in [6, 6.07) is 0. The fraction of sp³-hybridized carbons (Fsp3) is 0. The van der Waals surface area contributed by atoms with Crippen LogP contribution >= 0.6 is 23.7 Å². The molecule has 0 bridgehead atoms. The molecule has 0 radical (unpaired) electrons. The summed E-state index contributed by atoms with van der Waals surface area (Å²) >= 11 is 1.36. The first-order chi connectivity index (χ1) is 3.80. The lowest BCUT2D eigenvalue weighted by Gasteiger charge is -1.79. The molecule has 1 aromatic heterocycles. The van der Waals surface area contributed by atoms with Crippen molar-refractivity contribution in [2.24, 2.45) is 5.73 Å². The van der Waals surface area contributed by atoms with E-state index in [1.54, 1.807) is 10.9 Å². The third-order valence-electron chi connectivity index (χ3n) is 0.685. The van der Waals surface area contributed by atoms with E-state index in [0.717, 1.165) is 0 Å². The van der Waals surface area contributed by atoms with Gasteiger partial charge >= 0.3 is 0 Å². The van der Waals surface area contributed by atoms with E-state index < -0.39 is 5.91 Å². The SMILES string of the molecule is Cl.NC(=O)c1cscn1. The first kappa shape index (κ1) is 8.39. The standard InChI is InChI=1S/C4H4N2OS.ClH/c5-4(7)3-1-8-2-6-3;/h1-2H,(H2,5,7);1H. The molecule has 0 saturated heterocycles. The third kappa shape index (κ3) is 1.99. The van der Waals surface area contributed by atoms with Crippen LogP contribution in [0.3, 0.4) is 0 Å². The number of hydrogen-bond donors (Lipinski definition) is 1. The zero-order chi connectivity index (χ0) is 5.98. The van der Waals surface area contributed by atoms with Gasteiger partial charge in [-0.1, -0.05) is 0 Å². The minimum absolute atomic E-state index is 0. The summed E-state index contributed by atoms with van der Waals surface area (Å²) in [5.41, 5.74) is 6.78. The van der Waals surface area contributed by atoms with Gasteiger partial charge in [-0.2, -0.15) is 0 Å². The molecule has 1 rings (SSSR count). The van der Waals surface area contributed by atoms with E-state index in [4.69, 9.17) is 5.73 Å². The summed E-state index contributed by atoms with van der Waals surface area (Å²) in [7, 11) is 0. The van der Waals surface area contributed by atoms with Gasteiger partial charge in [0, 0.05) is 5.38 Å². The van der Waals surface area contributed by atoms with Crippen LogP contribution in [0.15, 0.2) is 10.9 Å². The highest BCUT2D eigenvalue weighted by Crippen LogP contribution is 1.97. The Labute approximate surface area is 62.3 Å². The minimum Gasteiger partial charge on any atom is -0.364 e. The Hall–Kier alpha value is -0.610. The molecule has 0 aliphatic heterocycles. The van der Waals surface area contributed by atoms with Crippen molar-refractivity contribution in [3.63, 3.8) is 0 Å². The maximum Gasteiger partial charge on any atom is 0.268 e. The molecule has 9 heavy (non-hydrogen) atoms. The average molecular weight is 165 g/mol. The highest BCUT2D eigenvalue weighted by molar-refractivity contribution is 7.07. The van der Waals surface area contributed by atoms with E-state index in [2.05, 4.69) is 4.98 Å². The number of rotatable bonds is 1. The van der Waals surface area contributed by atoms with Crippen LogP contribution in [-0.2, 0) is 0 Å². The number of aromatic nitrogens is 1. The number of thiazole rings is 1. The van der Waals surface area contributed by atoms with E-state index >= 15 is 0 Å². The Bertz CT molecular complexity index is 186. The number of carbonyl (C=O) groups is 1. The molecular weight excluding hydrogens is 160 g/mol. The van der Waals surface area contributed by atoms with Crippen LogP contribution in [0, 0.1) is 0 Å². The maximum absolute atomic E-state index is 10.2. The topological polar surface area (TPSA) is 56.0 Å². The monoisotopic (exact) mass is 164 g/mol. The zero-order valence-electron chi connectivity index (χ0n) is 4.40. The number of carbonyl (C=O) groups excluding carboxylic acids is 1. The number of primary amides is 1.